The molecule has 0 bridgehead atoms. The molecule has 0 radical (unpaired) electrons. The fourth-order valence-corrected chi connectivity index (χ4v) is 6.33. The number of imide groups is 1. The number of carbonyl (C=O) groups excluding carboxylic acids is 2. The van der Waals surface area contributed by atoms with Gasteiger partial charge >= 0.3 is 0 Å². The van der Waals surface area contributed by atoms with Crippen molar-refractivity contribution < 1.29 is 18.7 Å². The molecule has 1 aliphatic carbocycles. The fourth-order valence-electron chi connectivity index (χ4n) is 6.10. The lowest BCUT2D eigenvalue weighted by Crippen LogP contribution is -2.53. The molecule has 1 aliphatic rings. The smallest absolute Gasteiger partial charge is 0.262 e. The van der Waals surface area contributed by atoms with Crippen LogP contribution in [0.3, 0.4) is 0 Å². The van der Waals surface area contributed by atoms with Crippen molar-refractivity contribution >= 4 is 23.4 Å². The number of carbonyl (C=O) groups is 2. The Morgan fingerprint density at radius 2 is 1.75 bits per heavy atom. The van der Waals surface area contributed by atoms with Gasteiger partial charge in [0.05, 0.1) is 47.5 Å². The molecule has 1 heterocycles. The summed E-state index contributed by atoms with van der Waals surface area (Å²) in [4.78, 5) is 29.7. The van der Waals surface area contributed by atoms with Crippen LogP contribution in [0.5, 0.6) is 5.75 Å². The molecular formula is C38H42ClN5O4. The van der Waals surface area contributed by atoms with Gasteiger partial charge in [-0.3, -0.25) is 14.5 Å². The molecule has 1 aromatic heterocycles. The van der Waals surface area contributed by atoms with Gasteiger partial charge in [0, 0.05) is 24.2 Å². The van der Waals surface area contributed by atoms with Crippen LogP contribution in [0.1, 0.15) is 77.0 Å². The van der Waals surface area contributed by atoms with E-state index in [2.05, 4.69) is 49.5 Å². The molecule has 0 aliphatic heterocycles. The summed E-state index contributed by atoms with van der Waals surface area (Å²) in [5.41, 5.74) is 17.0. The molecule has 0 unspecified atom stereocenters. The molecule has 2 amide bonds. The number of methoxy groups -OCH3 is 1. The molecule has 2 atom stereocenters. The average Bonchev–Trinajstić information content (AvgIpc) is 3.57. The van der Waals surface area contributed by atoms with Crippen molar-refractivity contribution in [3.8, 4) is 23.1 Å². The summed E-state index contributed by atoms with van der Waals surface area (Å²) in [5, 5.41) is 12.8. The van der Waals surface area contributed by atoms with Gasteiger partial charge in [0.2, 0.25) is 5.91 Å². The van der Waals surface area contributed by atoms with Gasteiger partial charge in [-0.2, -0.15) is 5.26 Å². The van der Waals surface area contributed by atoms with E-state index in [9.17, 15) is 9.59 Å². The van der Waals surface area contributed by atoms with Crippen LogP contribution in [-0.2, 0) is 17.8 Å². The van der Waals surface area contributed by atoms with Crippen LogP contribution in [0.25, 0.3) is 11.3 Å². The van der Waals surface area contributed by atoms with Crippen LogP contribution >= 0.6 is 11.6 Å². The highest BCUT2D eigenvalue weighted by Gasteiger charge is 2.36. The minimum atomic E-state index is -0.989. The Morgan fingerprint density at radius 3 is 2.40 bits per heavy atom. The van der Waals surface area contributed by atoms with Gasteiger partial charge in [-0.1, -0.05) is 53.6 Å². The second-order valence-electron chi connectivity index (χ2n) is 12.5. The number of furan rings is 1. The first-order valence-electron chi connectivity index (χ1n) is 16.2. The number of benzene rings is 3. The number of nitrogens with two attached hydrogens (primary N) is 2. The van der Waals surface area contributed by atoms with E-state index in [1.165, 1.54) is 23.1 Å². The van der Waals surface area contributed by atoms with Gasteiger partial charge in [-0.05, 0) is 87.4 Å². The van der Waals surface area contributed by atoms with Crippen molar-refractivity contribution in [1.82, 2.24) is 10.2 Å². The normalized spacial score (nSPS) is 17.3. The van der Waals surface area contributed by atoms with Crippen LogP contribution in [0.2, 0.25) is 5.02 Å². The Bertz CT molecular complexity index is 1770. The number of nitrogens with one attached hydrogen (secondary N) is 1. The second-order valence-corrected chi connectivity index (χ2v) is 12.9. The number of aryl methyl sites for hydroxylation is 1. The standard InChI is InChI=1S/C38H42ClN5O4/c1-23-4-10-27(11-5-23)24(2)43-22-30-16-17-35(48-30)32-19-31(33(39)20-36(32)47-3)37(45)44(29-14-12-28(41)13-15-29)38(46)34(42)18-25-6-8-26(21-40)9-7-25/h4-11,16-17,19-20,24,28-29,34,43H,12-15,18,22,41-42H2,1-3H3/t24-,28?,29?,34-/m1/s1. The van der Waals surface area contributed by atoms with Gasteiger partial charge in [-0.15, -0.1) is 0 Å². The monoisotopic (exact) mass is 667 g/mol. The number of hydrogen-bond acceptors (Lipinski definition) is 8. The number of nitriles is 1. The van der Waals surface area contributed by atoms with Gasteiger partial charge in [-0.25, -0.2) is 0 Å². The largest absolute Gasteiger partial charge is 0.496 e. The van der Waals surface area contributed by atoms with E-state index in [0.29, 0.717) is 60.6 Å². The van der Waals surface area contributed by atoms with Crippen molar-refractivity contribution in [2.45, 2.75) is 76.7 Å². The molecule has 0 saturated heterocycles. The molecule has 48 heavy (non-hydrogen) atoms. The first kappa shape index (κ1) is 34.9. The zero-order valence-corrected chi connectivity index (χ0v) is 28.3. The minimum absolute atomic E-state index is 0.0133. The van der Waals surface area contributed by atoms with E-state index in [0.717, 1.165) is 5.56 Å². The number of amides is 2. The maximum absolute atomic E-state index is 14.4. The Balaban J connectivity index is 1.40. The maximum atomic E-state index is 14.4. The zero-order chi connectivity index (χ0) is 34.4. The van der Waals surface area contributed by atoms with Gasteiger partial charge in [0.15, 0.2) is 0 Å². The minimum Gasteiger partial charge on any atom is -0.496 e. The molecule has 3 aromatic carbocycles. The van der Waals surface area contributed by atoms with E-state index in [4.69, 9.17) is 37.5 Å². The number of rotatable bonds is 11. The summed E-state index contributed by atoms with van der Waals surface area (Å²) < 4.78 is 11.9. The predicted molar refractivity (Wildman–Crippen MR) is 186 cm³/mol. The van der Waals surface area contributed by atoms with Crippen LogP contribution < -0.4 is 21.5 Å². The van der Waals surface area contributed by atoms with E-state index < -0.39 is 17.9 Å². The molecule has 4 aromatic rings. The number of nitrogens with zero attached hydrogens (tertiary/aromatic N) is 2. The van der Waals surface area contributed by atoms with Crippen LogP contribution in [0.4, 0.5) is 0 Å². The third-order valence-corrected chi connectivity index (χ3v) is 9.34. The van der Waals surface area contributed by atoms with Gasteiger partial charge < -0.3 is 25.9 Å². The first-order valence-corrected chi connectivity index (χ1v) is 16.6. The Labute approximate surface area is 286 Å². The topological polar surface area (TPSA) is 148 Å². The van der Waals surface area contributed by atoms with Crippen molar-refractivity contribution in [3.63, 3.8) is 0 Å². The van der Waals surface area contributed by atoms with Crippen molar-refractivity contribution in [2.75, 3.05) is 7.11 Å². The Hall–Kier alpha value is -4.46. The number of hydrogen-bond donors (Lipinski definition) is 3. The molecule has 0 spiro atoms. The SMILES string of the molecule is COc1cc(Cl)c(C(=O)N(C(=O)[C@H](N)Cc2ccc(C#N)cc2)C2CCC(N)CC2)cc1-c1ccc(CN[C@H](C)c2ccc(C)cc2)o1. The summed E-state index contributed by atoms with van der Waals surface area (Å²) in [6.45, 7) is 4.64. The third-order valence-electron chi connectivity index (χ3n) is 9.03. The van der Waals surface area contributed by atoms with Crippen molar-refractivity contribution in [1.29, 1.82) is 5.26 Å². The third kappa shape index (κ3) is 8.15. The van der Waals surface area contributed by atoms with Crippen LogP contribution in [0.15, 0.2) is 77.2 Å². The molecule has 10 heteroatoms. The van der Waals surface area contributed by atoms with Crippen LogP contribution in [-0.4, -0.2) is 41.9 Å². The van der Waals surface area contributed by atoms with E-state index in [1.54, 1.807) is 36.4 Å². The fraction of sp³-hybridized carbons (Fsp3) is 0.342. The highest BCUT2D eigenvalue weighted by atomic mass is 35.5. The number of ether oxygens (including phenoxy) is 1. The second kappa shape index (κ2) is 15.6. The van der Waals surface area contributed by atoms with Crippen molar-refractivity contribution in [2.24, 2.45) is 11.5 Å². The van der Waals surface area contributed by atoms with E-state index in [-0.39, 0.29) is 35.1 Å². The maximum Gasteiger partial charge on any atom is 0.262 e. The Kier molecular flexibility index (Phi) is 11.3. The molecular weight excluding hydrogens is 626 g/mol. The predicted octanol–water partition coefficient (Wildman–Crippen LogP) is 6.45. The van der Waals surface area contributed by atoms with E-state index >= 15 is 0 Å². The Morgan fingerprint density at radius 1 is 1.06 bits per heavy atom. The quantitative estimate of drug-likeness (QED) is 0.165. The molecule has 9 nitrogen and oxygen atoms in total. The van der Waals surface area contributed by atoms with E-state index in [1.807, 2.05) is 12.1 Å². The highest BCUT2D eigenvalue weighted by molar-refractivity contribution is 6.34. The summed E-state index contributed by atoms with van der Waals surface area (Å²) in [6.07, 6.45) is 2.70. The highest BCUT2D eigenvalue weighted by Crippen LogP contribution is 2.37. The molecule has 1 saturated carbocycles. The number of halogens is 1. The summed E-state index contributed by atoms with van der Waals surface area (Å²) in [6, 6.07) is 23.0. The van der Waals surface area contributed by atoms with Crippen LogP contribution in [0, 0.1) is 18.3 Å². The summed E-state index contributed by atoms with van der Waals surface area (Å²) in [7, 11) is 1.52. The lowest BCUT2D eigenvalue weighted by atomic mass is 9.89. The van der Waals surface area contributed by atoms with Gasteiger partial charge in [0.1, 0.15) is 17.3 Å². The van der Waals surface area contributed by atoms with Crippen molar-refractivity contribution in [3.05, 3.63) is 111 Å². The summed E-state index contributed by atoms with van der Waals surface area (Å²) >= 11 is 6.71. The molecule has 250 valence electrons. The molecule has 5 N–H and O–H groups in total. The lowest BCUT2D eigenvalue weighted by molar-refractivity contribution is -0.132. The average molecular weight is 668 g/mol. The molecule has 1 fully saturated rings. The zero-order valence-electron chi connectivity index (χ0n) is 27.5. The first-order chi connectivity index (χ1) is 23.1. The summed E-state index contributed by atoms with van der Waals surface area (Å²) in [5.74, 6) is 0.601. The lowest BCUT2D eigenvalue weighted by Gasteiger charge is -2.36. The molecule has 5 rings (SSSR count). The van der Waals surface area contributed by atoms with Gasteiger partial charge in [0.25, 0.3) is 5.91 Å².